The van der Waals surface area contributed by atoms with Crippen molar-refractivity contribution in [3.05, 3.63) is 22.8 Å². The van der Waals surface area contributed by atoms with E-state index in [9.17, 15) is 9.35 Å². The molecular formula is C19H23N5O4S2. The number of hydrogen-bond donors (Lipinski definition) is 0. The number of esters is 1. The highest BCUT2D eigenvalue weighted by atomic mass is 32.2. The minimum Gasteiger partial charge on any atom is -0.611 e. The Balaban J connectivity index is 1.32. The first-order valence-corrected chi connectivity index (χ1v) is 12.2. The van der Waals surface area contributed by atoms with Gasteiger partial charge in [0.25, 0.3) is 0 Å². The van der Waals surface area contributed by atoms with Crippen molar-refractivity contribution in [2.45, 2.75) is 36.3 Å². The average molecular weight is 450 g/mol. The summed E-state index contributed by atoms with van der Waals surface area (Å²) in [6.07, 6.45) is 3.88. The van der Waals surface area contributed by atoms with Gasteiger partial charge in [0.05, 0.1) is 24.8 Å². The summed E-state index contributed by atoms with van der Waals surface area (Å²) in [5.41, 5.74) is 1.35. The highest BCUT2D eigenvalue weighted by Gasteiger charge is 2.38. The summed E-state index contributed by atoms with van der Waals surface area (Å²) in [6, 6.07) is 0.313. The van der Waals surface area contributed by atoms with Crippen LogP contribution < -0.4 is 9.80 Å². The third-order valence-corrected chi connectivity index (χ3v) is 7.84. The zero-order valence-corrected chi connectivity index (χ0v) is 18.3. The number of aromatic nitrogens is 3. The SMILES string of the molecule is CN(c1nc(N2CC(OC(=O)c3cnsc3)C2)nc2c1[S@@+]([O-])CC2)C1CCOCC1. The Labute approximate surface area is 181 Å². The first-order chi connectivity index (χ1) is 14.6. The predicted octanol–water partition coefficient (Wildman–Crippen LogP) is 1.26. The lowest BCUT2D eigenvalue weighted by molar-refractivity contribution is 0.0231. The molecule has 5 heterocycles. The molecule has 2 fully saturated rings. The number of fused-ring (bicyclic) bond motifs is 1. The van der Waals surface area contributed by atoms with Crippen molar-refractivity contribution in [3.8, 4) is 0 Å². The molecule has 5 rings (SSSR count). The molecule has 3 aliphatic rings. The number of ether oxygens (including phenoxy) is 2. The number of hydrogen-bond acceptors (Lipinski definition) is 10. The molecule has 0 saturated carbocycles. The number of rotatable bonds is 5. The van der Waals surface area contributed by atoms with Crippen LogP contribution in [0.15, 0.2) is 16.5 Å². The molecule has 30 heavy (non-hydrogen) atoms. The molecule has 0 amide bonds. The van der Waals surface area contributed by atoms with Crippen LogP contribution in [-0.4, -0.2) is 76.1 Å². The van der Waals surface area contributed by atoms with Crippen molar-refractivity contribution in [2.24, 2.45) is 0 Å². The Morgan fingerprint density at radius 1 is 1.37 bits per heavy atom. The summed E-state index contributed by atoms with van der Waals surface area (Å²) < 4.78 is 27.6. The molecular weight excluding hydrogens is 426 g/mol. The maximum Gasteiger partial charge on any atom is 0.341 e. The lowest BCUT2D eigenvalue weighted by Gasteiger charge is -2.39. The van der Waals surface area contributed by atoms with Crippen molar-refractivity contribution in [3.63, 3.8) is 0 Å². The van der Waals surface area contributed by atoms with E-state index < -0.39 is 11.2 Å². The van der Waals surface area contributed by atoms with Crippen molar-refractivity contribution in [1.82, 2.24) is 14.3 Å². The van der Waals surface area contributed by atoms with Gasteiger partial charge in [-0.05, 0) is 35.5 Å². The molecule has 3 aliphatic heterocycles. The molecule has 0 aliphatic carbocycles. The zero-order valence-electron chi connectivity index (χ0n) is 16.7. The topological polar surface area (TPSA) is 104 Å². The van der Waals surface area contributed by atoms with Crippen molar-refractivity contribution in [2.75, 3.05) is 48.9 Å². The normalized spacial score (nSPS) is 21.9. The molecule has 0 unspecified atom stereocenters. The molecule has 2 aromatic rings. The standard InChI is InChI=1S/C19H23N5O4S2/c1-23(13-2-5-27-6-3-13)17-16-15(4-7-30(16)26)21-19(22-17)24-9-14(10-24)28-18(25)12-8-20-29-11-12/h8,11,13-14H,2-7,9-10H2,1H3/t30-/m0/s1. The number of carbonyl (C=O) groups excluding carboxylic acids is 1. The summed E-state index contributed by atoms with van der Waals surface area (Å²) in [5.74, 6) is 1.63. The van der Waals surface area contributed by atoms with Crippen LogP contribution in [0.1, 0.15) is 28.9 Å². The minimum atomic E-state index is -1.06. The first kappa shape index (κ1) is 20.0. The molecule has 2 saturated heterocycles. The zero-order chi connectivity index (χ0) is 20.7. The fourth-order valence-electron chi connectivity index (χ4n) is 3.99. The van der Waals surface area contributed by atoms with Crippen LogP contribution in [0.25, 0.3) is 0 Å². The number of aryl methyl sites for hydroxylation is 1. The van der Waals surface area contributed by atoms with Crippen LogP contribution in [0.5, 0.6) is 0 Å². The Bertz CT molecular complexity index is 916. The highest BCUT2D eigenvalue weighted by molar-refractivity contribution is 7.91. The van der Waals surface area contributed by atoms with Gasteiger partial charge in [-0.2, -0.15) is 4.98 Å². The molecule has 9 nitrogen and oxygen atoms in total. The average Bonchev–Trinajstić information content (AvgIpc) is 3.40. The van der Waals surface area contributed by atoms with E-state index in [4.69, 9.17) is 19.4 Å². The molecule has 0 N–H and O–H groups in total. The van der Waals surface area contributed by atoms with Gasteiger partial charge in [0, 0.05) is 38.1 Å². The van der Waals surface area contributed by atoms with Crippen LogP contribution >= 0.6 is 11.5 Å². The van der Waals surface area contributed by atoms with Crippen LogP contribution in [0.4, 0.5) is 11.8 Å². The van der Waals surface area contributed by atoms with E-state index in [0.29, 0.717) is 42.8 Å². The summed E-state index contributed by atoms with van der Waals surface area (Å²) in [6.45, 7) is 2.56. The van der Waals surface area contributed by atoms with E-state index in [1.54, 1.807) is 5.38 Å². The highest BCUT2D eigenvalue weighted by Crippen LogP contribution is 2.36. The monoisotopic (exact) mass is 449 g/mol. The second-order valence-corrected chi connectivity index (χ2v) is 9.89. The molecule has 2 aromatic heterocycles. The minimum absolute atomic E-state index is 0.194. The number of carbonyl (C=O) groups is 1. The summed E-state index contributed by atoms with van der Waals surface area (Å²) in [4.78, 5) is 26.6. The van der Waals surface area contributed by atoms with E-state index in [1.807, 2.05) is 11.9 Å². The summed E-state index contributed by atoms with van der Waals surface area (Å²) >= 11 is 0.164. The quantitative estimate of drug-likeness (QED) is 0.493. The van der Waals surface area contributed by atoms with Crippen molar-refractivity contribution < 1.29 is 18.8 Å². The van der Waals surface area contributed by atoms with E-state index >= 15 is 0 Å². The molecule has 0 aromatic carbocycles. The van der Waals surface area contributed by atoms with E-state index in [1.165, 1.54) is 17.7 Å². The lowest BCUT2D eigenvalue weighted by atomic mass is 10.1. The fourth-order valence-corrected chi connectivity index (χ4v) is 5.88. The first-order valence-electron chi connectivity index (χ1n) is 10.1. The van der Waals surface area contributed by atoms with Crippen molar-refractivity contribution in [1.29, 1.82) is 0 Å². The third-order valence-electron chi connectivity index (χ3n) is 5.80. The lowest BCUT2D eigenvalue weighted by Crippen LogP contribution is -2.54. The van der Waals surface area contributed by atoms with Gasteiger partial charge >= 0.3 is 5.97 Å². The smallest absolute Gasteiger partial charge is 0.341 e. The maximum absolute atomic E-state index is 12.6. The van der Waals surface area contributed by atoms with Gasteiger partial charge in [0.2, 0.25) is 10.8 Å². The Hall–Kier alpha value is -1.95. The Kier molecular flexibility index (Phi) is 5.52. The summed E-state index contributed by atoms with van der Waals surface area (Å²) in [7, 11) is 2.02. The van der Waals surface area contributed by atoms with Crippen LogP contribution in [-0.2, 0) is 27.1 Å². The Morgan fingerprint density at radius 2 is 2.17 bits per heavy atom. The maximum atomic E-state index is 12.6. The second kappa shape index (κ2) is 8.29. The fraction of sp³-hybridized carbons (Fsp3) is 0.579. The van der Waals surface area contributed by atoms with Crippen LogP contribution in [0.2, 0.25) is 0 Å². The van der Waals surface area contributed by atoms with Gasteiger partial charge in [0.15, 0.2) is 5.82 Å². The second-order valence-electron chi connectivity index (χ2n) is 7.72. The Morgan fingerprint density at radius 3 is 2.90 bits per heavy atom. The van der Waals surface area contributed by atoms with Gasteiger partial charge < -0.3 is 23.8 Å². The van der Waals surface area contributed by atoms with Crippen LogP contribution in [0.3, 0.4) is 0 Å². The molecule has 160 valence electrons. The van der Waals surface area contributed by atoms with Gasteiger partial charge in [-0.15, -0.1) is 0 Å². The molecule has 0 radical (unpaired) electrons. The molecule has 11 heteroatoms. The van der Waals surface area contributed by atoms with E-state index in [0.717, 1.165) is 42.5 Å². The van der Waals surface area contributed by atoms with Gasteiger partial charge in [-0.3, -0.25) is 0 Å². The van der Waals surface area contributed by atoms with Gasteiger partial charge in [-0.1, -0.05) is 0 Å². The molecule has 1 atom stereocenters. The van der Waals surface area contributed by atoms with Crippen LogP contribution in [0, 0.1) is 0 Å². The van der Waals surface area contributed by atoms with E-state index in [-0.39, 0.29) is 12.1 Å². The number of anilines is 2. The molecule has 0 bridgehead atoms. The van der Waals surface area contributed by atoms with Gasteiger partial charge in [-0.25, -0.2) is 14.2 Å². The predicted molar refractivity (Wildman–Crippen MR) is 113 cm³/mol. The summed E-state index contributed by atoms with van der Waals surface area (Å²) in [5, 5.41) is 1.68. The van der Waals surface area contributed by atoms with E-state index in [2.05, 4.69) is 9.27 Å². The largest absolute Gasteiger partial charge is 0.611 e. The molecule has 0 spiro atoms. The number of nitrogens with zero attached hydrogens (tertiary/aromatic N) is 5. The van der Waals surface area contributed by atoms with Gasteiger partial charge in [0.1, 0.15) is 17.6 Å². The third kappa shape index (κ3) is 3.75. The van der Waals surface area contributed by atoms with Crippen molar-refractivity contribution >= 4 is 40.4 Å².